The van der Waals surface area contributed by atoms with Gasteiger partial charge in [0.15, 0.2) is 0 Å². The number of ether oxygens (including phenoxy) is 1. The Hall–Kier alpha value is -7.29. The van der Waals surface area contributed by atoms with E-state index in [1.807, 2.05) is 60.8 Å². The molecule has 0 N–H and O–H groups in total. The monoisotopic (exact) mass is 749 g/mol. The molecule has 8 aromatic carbocycles. The van der Waals surface area contributed by atoms with Gasteiger partial charge in [0.2, 0.25) is 0 Å². The predicted octanol–water partition coefficient (Wildman–Crippen LogP) is 15.2. The molecule has 10 rings (SSSR count). The lowest BCUT2D eigenvalue weighted by Crippen LogP contribution is -2.24. The van der Waals surface area contributed by atoms with Crippen molar-refractivity contribution in [3.8, 4) is 89.5 Å². The summed E-state index contributed by atoms with van der Waals surface area (Å²) in [6.07, 6.45) is 1.84. The molecule has 0 saturated heterocycles. The third-order valence-corrected chi connectivity index (χ3v) is 11.1. The summed E-state index contributed by atoms with van der Waals surface area (Å²) in [4.78, 5) is 5.07. The van der Waals surface area contributed by atoms with E-state index in [0.717, 1.165) is 72.5 Å². The fourth-order valence-corrected chi connectivity index (χ4v) is 8.51. The van der Waals surface area contributed by atoms with Gasteiger partial charge in [-0.1, -0.05) is 196 Å². The van der Waals surface area contributed by atoms with Crippen LogP contribution in [0.2, 0.25) is 0 Å². The number of benzene rings is 8. The molecule has 0 unspecified atom stereocenters. The molecule has 0 amide bonds. The molecule has 0 aliphatic carbocycles. The first-order chi connectivity index (χ1) is 31.1. The van der Waals surface area contributed by atoms with E-state index in [0.29, 0.717) is 5.56 Å². The van der Waals surface area contributed by atoms with Crippen molar-refractivity contribution >= 4 is 0 Å². The highest BCUT2D eigenvalue weighted by molar-refractivity contribution is 6.14. The van der Waals surface area contributed by atoms with Crippen LogP contribution in [0.25, 0.3) is 78.0 Å². The zero-order chi connectivity index (χ0) is 44.1. The van der Waals surface area contributed by atoms with E-state index < -0.39 is 19.1 Å². The fourth-order valence-electron chi connectivity index (χ4n) is 8.51. The second-order valence-corrected chi connectivity index (χ2v) is 14.5. The molecule has 0 spiro atoms. The lowest BCUT2D eigenvalue weighted by molar-refractivity contribution is 0.419. The highest BCUT2D eigenvalue weighted by Gasteiger charge is 2.36. The van der Waals surface area contributed by atoms with Gasteiger partial charge in [-0.3, -0.25) is 4.98 Å². The lowest BCUT2D eigenvalue weighted by Gasteiger charge is -2.35. The smallest absolute Gasteiger partial charge is 0.139 e. The van der Waals surface area contributed by atoms with Gasteiger partial charge in [0.05, 0.1) is 5.69 Å². The van der Waals surface area contributed by atoms with Crippen LogP contribution in [0.3, 0.4) is 0 Å². The minimum Gasteiger partial charge on any atom is -0.456 e. The number of aromatic nitrogens is 1. The maximum atomic E-state index is 8.90. The number of nitrogens with zero attached hydrogens (tertiary/aromatic N) is 1. The first kappa shape index (κ1) is 29.0. The van der Waals surface area contributed by atoms with Crippen LogP contribution in [-0.2, 0) is 5.41 Å². The van der Waals surface area contributed by atoms with E-state index in [1.165, 1.54) is 0 Å². The molecule has 2 heteroatoms. The molecule has 0 bridgehead atoms. The SMILES string of the molecule is [2H]C([2H])([2H])C1(C([2H])([2H])[2H])c2ccccc2Oc2c(-c3cccc(-c4c(-c5ccccc5)c(-c5ccccc5)c(-c5ccccc5)c(-c5ccccn5)c4-c4ccccc4)c3)cccc21. The highest BCUT2D eigenvalue weighted by Crippen LogP contribution is 2.56. The van der Waals surface area contributed by atoms with Crippen molar-refractivity contribution in [3.63, 3.8) is 0 Å². The largest absolute Gasteiger partial charge is 0.456 e. The molecule has 2 heterocycles. The van der Waals surface area contributed by atoms with Gasteiger partial charge in [-0.15, -0.1) is 0 Å². The molecule has 0 atom stereocenters. The van der Waals surface area contributed by atoms with Crippen LogP contribution in [0.5, 0.6) is 11.5 Å². The van der Waals surface area contributed by atoms with Gasteiger partial charge in [-0.2, -0.15) is 0 Å². The number of hydrogen-bond donors (Lipinski definition) is 0. The van der Waals surface area contributed by atoms with Gasteiger partial charge in [0.25, 0.3) is 0 Å². The maximum Gasteiger partial charge on any atom is 0.139 e. The zero-order valence-electron chi connectivity index (χ0n) is 37.6. The summed E-state index contributed by atoms with van der Waals surface area (Å²) in [6, 6.07) is 67.9. The number of fused-ring (bicyclic) bond motifs is 2. The van der Waals surface area contributed by atoms with Crippen LogP contribution in [0.1, 0.15) is 33.1 Å². The van der Waals surface area contributed by atoms with E-state index in [9.17, 15) is 0 Å². The third kappa shape index (κ3) is 6.02. The minimum atomic E-state index is -2.96. The van der Waals surface area contributed by atoms with E-state index >= 15 is 0 Å². The van der Waals surface area contributed by atoms with Crippen molar-refractivity contribution in [3.05, 3.63) is 224 Å². The number of pyridine rings is 1. The van der Waals surface area contributed by atoms with Crippen molar-refractivity contribution in [2.24, 2.45) is 0 Å². The van der Waals surface area contributed by atoms with E-state index in [-0.39, 0.29) is 22.6 Å². The van der Waals surface area contributed by atoms with E-state index in [1.54, 1.807) is 36.4 Å². The standard InChI is InChI=1S/C56H41NO/c1-56(2)45-32-15-16-35-48(45)58-55-44(31-20-33-46(55)56)42-29-19-30-43(37-42)53-50(39-23-9-4-10-24-39)49(38-21-7-3-8-22-38)51(40-25-11-5-12-26-40)54(47-34-17-18-36-57-47)52(53)41-27-13-6-14-28-41/h3-37H,1-2H3/i1D3,2D3. The Morgan fingerprint density at radius 1 is 0.397 bits per heavy atom. The molecular formula is C56H41NO. The summed E-state index contributed by atoms with van der Waals surface area (Å²) in [5, 5.41) is 0. The number of para-hydroxylation sites is 2. The topological polar surface area (TPSA) is 22.1 Å². The highest BCUT2D eigenvalue weighted by atomic mass is 16.5. The molecule has 1 aliphatic rings. The van der Waals surface area contributed by atoms with Crippen LogP contribution >= 0.6 is 0 Å². The summed E-state index contributed by atoms with van der Waals surface area (Å²) >= 11 is 0. The van der Waals surface area contributed by atoms with Crippen LogP contribution < -0.4 is 4.74 Å². The molecule has 58 heavy (non-hydrogen) atoms. The van der Waals surface area contributed by atoms with Crippen molar-refractivity contribution in [1.82, 2.24) is 4.98 Å². The second kappa shape index (κ2) is 14.7. The Bertz CT molecular complexity index is 3010. The second-order valence-electron chi connectivity index (χ2n) is 14.5. The molecule has 2 nitrogen and oxygen atoms in total. The molecular weight excluding hydrogens is 703 g/mol. The van der Waals surface area contributed by atoms with Crippen molar-refractivity contribution in [1.29, 1.82) is 0 Å². The molecule has 1 aromatic heterocycles. The Morgan fingerprint density at radius 2 is 0.845 bits per heavy atom. The Kier molecular flexibility index (Phi) is 7.33. The van der Waals surface area contributed by atoms with Crippen molar-refractivity contribution in [2.75, 3.05) is 0 Å². The van der Waals surface area contributed by atoms with Gasteiger partial charge in [0, 0.05) is 53.2 Å². The normalized spacial score (nSPS) is 14.6. The van der Waals surface area contributed by atoms with Crippen molar-refractivity contribution in [2.45, 2.75) is 19.1 Å². The van der Waals surface area contributed by atoms with Crippen LogP contribution in [0, 0.1) is 0 Å². The van der Waals surface area contributed by atoms with Crippen LogP contribution in [0.15, 0.2) is 212 Å². The zero-order valence-corrected chi connectivity index (χ0v) is 31.6. The molecule has 0 saturated carbocycles. The number of rotatable bonds is 7. The van der Waals surface area contributed by atoms with E-state index in [2.05, 4.69) is 115 Å². The Balaban J connectivity index is 1.36. The fraction of sp³-hybridized carbons (Fsp3) is 0.0536. The average Bonchev–Trinajstić information content (AvgIpc) is 3.32. The molecule has 0 fully saturated rings. The van der Waals surface area contributed by atoms with Crippen LogP contribution in [0.4, 0.5) is 0 Å². The summed E-state index contributed by atoms with van der Waals surface area (Å²) in [6.45, 7) is -5.92. The van der Waals surface area contributed by atoms with Gasteiger partial charge in [-0.05, 0) is 74.3 Å². The summed E-state index contributed by atoms with van der Waals surface area (Å²) in [5.74, 6) is 0.406. The van der Waals surface area contributed by atoms with Gasteiger partial charge in [0.1, 0.15) is 11.5 Å². The third-order valence-electron chi connectivity index (χ3n) is 11.1. The number of hydrogen-bond acceptors (Lipinski definition) is 2. The van der Waals surface area contributed by atoms with E-state index in [4.69, 9.17) is 17.9 Å². The summed E-state index contributed by atoms with van der Waals surface area (Å²) < 4.78 is 60.0. The van der Waals surface area contributed by atoms with Gasteiger partial charge < -0.3 is 4.74 Å². The molecule has 276 valence electrons. The van der Waals surface area contributed by atoms with Crippen LogP contribution in [-0.4, -0.2) is 4.98 Å². The lowest BCUT2D eigenvalue weighted by atomic mass is 9.74. The van der Waals surface area contributed by atoms with Gasteiger partial charge in [-0.25, -0.2) is 0 Å². The Morgan fingerprint density at radius 3 is 1.40 bits per heavy atom. The average molecular weight is 750 g/mol. The molecule has 9 aromatic rings. The molecule has 1 aliphatic heterocycles. The van der Waals surface area contributed by atoms with Crippen molar-refractivity contribution < 1.29 is 13.0 Å². The first-order valence-corrected chi connectivity index (χ1v) is 19.5. The minimum absolute atomic E-state index is 0.0973. The maximum absolute atomic E-state index is 8.90. The predicted molar refractivity (Wildman–Crippen MR) is 241 cm³/mol. The summed E-state index contributed by atoms with van der Waals surface area (Å²) in [5.41, 5.74) is 10.9. The van der Waals surface area contributed by atoms with Gasteiger partial charge >= 0.3 is 0 Å². The molecule has 0 radical (unpaired) electrons. The Labute approximate surface area is 349 Å². The summed E-state index contributed by atoms with van der Waals surface area (Å²) in [7, 11) is 0. The first-order valence-electron chi connectivity index (χ1n) is 22.5. The quantitative estimate of drug-likeness (QED) is 0.162.